The van der Waals surface area contributed by atoms with Gasteiger partial charge in [-0.05, 0) is 6.92 Å². The van der Waals surface area contributed by atoms with Gasteiger partial charge < -0.3 is 35.1 Å². The average Bonchev–Trinajstić information content (AvgIpc) is 3.75. The molecular weight excluding hydrogens is 663 g/mol. The second-order valence-corrected chi connectivity index (χ2v) is 13.5. The summed E-state index contributed by atoms with van der Waals surface area (Å²) in [5.41, 5.74) is 5.39. The lowest BCUT2D eigenvalue weighted by atomic mass is 9.99. The van der Waals surface area contributed by atoms with Gasteiger partial charge in [-0.1, -0.05) is 0 Å². The zero-order valence-corrected chi connectivity index (χ0v) is 25.3. The molecule has 3 fully saturated rings. The molecule has 0 amide bonds. The number of nitrogens with one attached hydrogen (secondary N) is 1. The molecule has 248 valence electrons. The maximum absolute atomic E-state index is 15.9. The average molecular weight is 689 g/mol. The molecule has 0 aromatic carbocycles. The number of imidazole rings is 2. The number of phosphoric acid groups is 2. The van der Waals surface area contributed by atoms with E-state index in [1.807, 2.05) is 0 Å². The number of rotatable bonds is 3. The van der Waals surface area contributed by atoms with E-state index in [-0.39, 0.29) is 34.0 Å². The molecule has 0 radical (unpaired) electrons. The Bertz CT molecular complexity index is 1960. The number of ether oxygens (including phenoxy) is 2. The van der Waals surface area contributed by atoms with Crippen molar-refractivity contribution in [1.29, 1.82) is 0 Å². The number of nitrogens with zero attached hydrogens (tertiary/aromatic N) is 7. The summed E-state index contributed by atoms with van der Waals surface area (Å²) < 4.78 is 77.6. The minimum Gasteiger partial charge on any atom is -0.396 e. The zero-order chi connectivity index (χ0) is 32.5. The van der Waals surface area contributed by atoms with Crippen LogP contribution in [-0.2, 0) is 36.7 Å². The Hall–Kier alpha value is -3.27. The van der Waals surface area contributed by atoms with Crippen LogP contribution >= 0.6 is 15.6 Å². The van der Waals surface area contributed by atoms with Crippen molar-refractivity contribution >= 4 is 43.8 Å². The number of halogens is 1. The lowest BCUT2D eigenvalue weighted by Crippen LogP contribution is -2.34. The quantitative estimate of drug-likeness (QED) is 0.171. The van der Waals surface area contributed by atoms with E-state index in [0.717, 1.165) is 17.2 Å². The summed E-state index contributed by atoms with van der Waals surface area (Å²) in [5, 5.41) is 10.2. The number of aryl methyl sites for hydroxylation is 1. The summed E-state index contributed by atoms with van der Waals surface area (Å²) in [6.07, 6.45) is -7.87. The third-order valence-corrected chi connectivity index (χ3v) is 9.74. The molecule has 10 atom stereocenters. The summed E-state index contributed by atoms with van der Waals surface area (Å²) in [6.45, 7) is -0.812. The fourth-order valence-corrected chi connectivity index (χ4v) is 7.60. The van der Waals surface area contributed by atoms with Crippen molar-refractivity contribution in [2.75, 3.05) is 25.6 Å². The highest BCUT2D eigenvalue weighted by Crippen LogP contribution is 2.55. The molecule has 4 aromatic heterocycles. The fraction of sp³-hybridized carbons (Fsp3) is 0.545. The number of H-pyrrole nitrogens is 1. The van der Waals surface area contributed by atoms with Gasteiger partial charge in [0.15, 0.2) is 41.3 Å². The van der Waals surface area contributed by atoms with Crippen molar-refractivity contribution in [3.63, 3.8) is 0 Å². The van der Waals surface area contributed by atoms with Crippen LogP contribution in [0.2, 0.25) is 0 Å². The minimum absolute atomic E-state index is 0.00339. The second kappa shape index (κ2) is 11.5. The molecule has 0 saturated carbocycles. The number of fused-ring (bicyclic) bond motifs is 5. The Labute approximate surface area is 255 Å². The maximum Gasteiger partial charge on any atom is 0.472 e. The topological polar surface area (TPSA) is 283 Å². The molecule has 46 heavy (non-hydrogen) atoms. The van der Waals surface area contributed by atoms with Gasteiger partial charge in [0.25, 0.3) is 5.56 Å². The third-order valence-electron chi connectivity index (χ3n) is 7.77. The van der Waals surface area contributed by atoms with E-state index in [1.165, 1.54) is 17.8 Å². The number of anilines is 1. The van der Waals surface area contributed by atoms with Crippen LogP contribution in [0.15, 0.2) is 23.8 Å². The van der Waals surface area contributed by atoms with E-state index >= 15 is 4.39 Å². The van der Waals surface area contributed by atoms with Crippen molar-refractivity contribution in [2.45, 2.75) is 50.0 Å². The SMILES string of the molecule is Cc1nc2c(ncn2C2OC3COP(=O)(O)OC4C(COP(=O)(O)OC2C3CO)OC(n2cnc3c(N)ncnc32)C4F)c(=O)[nH]1. The first kappa shape index (κ1) is 31.3. The smallest absolute Gasteiger partial charge is 0.396 e. The van der Waals surface area contributed by atoms with E-state index in [9.17, 15) is 28.8 Å². The standard InChI is InChI=1S/C22H26FN9O12P2/c1-8-29-19-14(20(34)30-8)28-7-32(19)22-15-9(2-33)10(41-22)3-39-46(37,38)44-16-11(4-40-45(35,36)43-15)42-21(12(16)23)31-6-27-13-17(24)25-5-26-18(13)31/h5-7,9-12,15-16,21-22,33H,2-4H2,1H3,(H,35,36)(H,37,38)(H2,24,25,26)(H,29,30,34). The number of hydrogen-bond acceptors (Lipinski definition) is 16. The number of nitrogens with two attached hydrogens (primary N) is 1. The molecule has 6 N–H and O–H groups in total. The van der Waals surface area contributed by atoms with E-state index in [1.54, 1.807) is 0 Å². The van der Waals surface area contributed by atoms with Gasteiger partial charge in [-0.25, -0.2) is 38.4 Å². The summed E-state index contributed by atoms with van der Waals surface area (Å²) in [4.78, 5) is 56.6. The number of alkyl halides is 1. The van der Waals surface area contributed by atoms with Crippen LogP contribution in [0, 0.1) is 12.8 Å². The predicted octanol–water partition coefficient (Wildman–Crippen LogP) is -0.390. The monoisotopic (exact) mass is 689 g/mol. The third kappa shape index (κ3) is 5.44. The molecule has 0 aliphatic carbocycles. The zero-order valence-electron chi connectivity index (χ0n) is 23.5. The van der Waals surface area contributed by atoms with E-state index < -0.39 is 90.0 Å². The Morgan fingerprint density at radius 2 is 1.59 bits per heavy atom. The Balaban J connectivity index is 1.22. The first-order valence-corrected chi connectivity index (χ1v) is 16.6. The molecule has 7 rings (SSSR count). The molecule has 3 aliphatic rings. The van der Waals surface area contributed by atoms with Crippen LogP contribution in [0.4, 0.5) is 10.2 Å². The van der Waals surface area contributed by atoms with E-state index in [2.05, 4.69) is 29.9 Å². The van der Waals surface area contributed by atoms with Crippen LogP contribution in [0.1, 0.15) is 18.3 Å². The molecule has 4 aromatic rings. The van der Waals surface area contributed by atoms with Gasteiger partial charge in [-0.2, -0.15) is 0 Å². The maximum atomic E-state index is 15.9. The first-order valence-electron chi connectivity index (χ1n) is 13.6. The Morgan fingerprint density at radius 1 is 0.957 bits per heavy atom. The molecule has 24 heteroatoms. The number of nitrogen functional groups attached to an aromatic ring is 1. The fourth-order valence-electron chi connectivity index (χ4n) is 5.68. The molecule has 7 heterocycles. The minimum atomic E-state index is -5.11. The number of phosphoric ester groups is 2. The van der Waals surface area contributed by atoms with Crippen LogP contribution < -0.4 is 11.3 Å². The van der Waals surface area contributed by atoms with Gasteiger partial charge in [0.2, 0.25) is 0 Å². The molecule has 21 nitrogen and oxygen atoms in total. The first-order chi connectivity index (χ1) is 21.9. The normalized spacial score (nSPS) is 37.2. The largest absolute Gasteiger partial charge is 0.472 e. The van der Waals surface area contributed by atoms with Gasteiger partial charge in [0, 0.05) is 5.92 Å². The predicted molar refractivity (Wildman–Crippen MR) is 147 cm³/mol. The number of aromatic nitrogens is 8. The molecule has 0 spiro atoms. The van der Waals surface area contributed by atoms with E-state index in [4.69, 9.17) is 33.3 Å². The molecule has 3 aliphatic heterocycles. The Kier molecular flexibility index (Phi) is 7.81. The summed E-state index contributed by atoms with van der Waals surface area (Å²) in [7, 11) is -10.2. The number of aromatic amines is 1. The molecule has 10 unspecified atom stereocenters. The van der Waals surface area contributed by atoms with Gasteiger partial charge in [0.1, 0.15) is 36.0 Å². The van der Waals surface area contributed by atoms with E-state index in [0.29, 0.717) is 0 Å². The van der Waals surface area contributed by atoms with Crippen molar-refractivity contribution < 1.29 is 56.0 Å². The highest BCUT2D eigenvalue weighted by Gasteiger charge is 2.54. The van der Waals surface area contributed by atoms with Crippen molar-refractivity contribution in [2.24, 2.45) is 5.92 Å². The molecular formula is C22H26FN9O12P2. The summed E-state index contributed by atoms with van der Waals surface area (Å²) in [6, 6.07) is 0. The second-order valence-electron chi connectivity index (χ2n) is 10.6. The van der Waals surface area contributed by atoms with Crippen LogP contribution in [-0.4, -0.2) is 104 Å². The van der Waals surface area contributed by atoms with Gasteiger partial charge >= 0.3 is 15.6 Å². The highest BCUT2D eigenvalue weighted by molar-refractivity contribution is 7.47. The van der Waals surface area contributed by atoms with Crippen LogP contribution in [0.5, 0.6) is 0 Å². The molecule has 2 bridgehead atoms. The molecule has 3 saturated heterocycles. The number of aliphatic hydroxyl groups excluding tert-OH is 1. The lowest BCUT2D eigenvalue weighted by Gasteiger charge is -2.26. The highest BCUT2D eigenvalue weighted by atomic mass is 31.2. The van der Waals surface area contributed by atoms with Gasteiger partial charge in [-0.3, -0.25) is 32.0 Å². The van der Waals surface area contributed by atoms with Crippen LogP contribution in [0.3, 0.4) is 0 Å². The summed E-state index contributed by atoms with van der Waals surface area (Å²) in [5.74, 6) is -0.933. The van der Waals surface area contributed by atoms with Gasteiger partial charge in [0.05, 0.1) is 38.6 Å². The van der Waals surface area contributed by atoms with Gasteiger partial charge in [-0.15, -0.1) is 0 Å². The van der Waals surface area contributed by atoms with Crippen molar-refractivity contribution in [3.8, 4) is 0 Å². The lowest BCUT2D eigenvalue weighted by molar-refractivity contribution is -0.0669. The Morgan fingerprint density at radius 3 is 2.30 bits per heavy atom. The summed E-state index contributed by atoms with van der Waals surface area (Å²) >= 11 is 0. The van der Waals surface area contributed by atoms with Crippen molar-refractivity contribution in [3.05, 3.63) is 35.2 Å². The van der Waals surface area contributed by atoms with Crippen molar-refractivity contribution in [1.82, 2.24) is 39.0 Å². The number of aliphatic hydroxyl groups is 1. The van der Waals surface area contributed by atoms with Crippen LogP contribution in [0.25, 0.3) is 22.3 Å². The number of hydrogen-bond donors (Lipinski definition) is 5.